The highest BCUT2D eigenvalue weighted by Gasteiger charge is 2.17. The van der Waals surface area contributed by atoms with E-state index in [4.69, 9.17) is 14.2 Å². The second kappa shape index (κ2) is 34.2. The molecule has 51 heavy (non-hydrogen) atoms. The van der Waals surface area contributed by atoms with E-state index in [-0.39, 0.29) is 63.6 Å². The molecule has 292 valence electrons. The summed E-state index contributed by atoms with van der Waals surface area (Å²) < 4.78 is 16.2. The smallest absolute Gasteiger partial charge is 0.306 e. The van der Waals surface area contributed by atoms with Crippen LogP contribution < -0.4 is 0 Å². The van der Waals surface area contributed by atoms with Gasteiger partial charge in [0.15, 0.2) is 0 Å². The average Bonchev–Trinajstić information content (AvgIpc) is 3.14. The molecular formula is C43H73NO7. The van der Waals surface area contributed by atoms with E-state index in [1.807, 2.05) is 30.3 Å². The maximum absolute atomic E-state index is 13.1. The highest BCUT2D eigenvalue weighted by atomic mass is 16.5. The largest absolute Gasteiger partial charge is 0.464 e. The van der Waals surface area contributed by atoms with Gasteiger partial charge in [-0.2, -0.15) is 0 Å². The molecule has 8 nitrogen and oxygen atoms in total. The standard InChI is InChI=1S/C43H73NO7/c1-3-5-7-9-11-13-15-17-19-21-26-30-41(46)49-36-34-44(40(45)32-33-43(48)51-38-39-28-24-23-25-29-39)35-37-50-42(47)31-27-22-20-18-16-14-12-10-8-6-4-2/h23-25,28-29H,3-22,26-27,30-38H2,1-2H3. The van der Waals surface area contributed by atoms with Crippen LogP contribution in [-0.2, 0) is 40.0 Å². The Labute approximate surface area is 311 Å². The van der Waals surface area contributed by atoms with Crippen molar-refractivity contribution in [3.8, 4) is 0 Å². The Bertz CT molecular complexity index is 955. The van der Waals surface area contributed by atoms with Gasteiger partial charge in [0, 0.05) is 19.3 Å². The Kier molecular flexibility index (Phi) is 30.9. The van der Waals surface area contributed by atoms with Gasteiger partial charge in [-0.25, -0.2) is 0 Å². The summed E-state index contributed by atoms with van der Waals surface area (Å²) in [5.74, 6) is -1.25. The van der Waals surface area contributed by atoms with Gasteiger partial charge in [0.25, 0.3) is 0 Å². The highest BCUT2D eigenvalue weighted by Crippen LogP contribution is 2.14. The van der Waals surface area contributed by atoms with Gasteiger partial charge in [-0.15, -0.1) is 0 Å². The van der Waals surface area contributed by atoms with E-state index in [1.165, 1.54) is 108 Å². The maximum Gasteiger partial charge on any atom is 0.306 e. The lowest BCUT2D eigenvalue weighted by Gasteiger charge is -2.22. The number of hydrogen-bond donors (Lipinski definition) is 0. The second-order valence-electron chi connectivity index (χ2n) is 14.0. The number of esters is 3. The molecule has 0 N–H and O–H groups in total. The zero-order valence-corrected chi connectivity index (χ0v) is 32.6. The monoisotopic (exact) mass is 716 g/mol. The molecule has 0 spiro atoms. The zero-order valence-electron chi connectivity index (χ0n) is 32.6. The third-order valence-electron chi connectivity index (χ3n) is 9.36. The predicted molar refractivity (Wildman–Crippen MR) is 206 cm³/mol. The molecule has 1 aromatic rings. The van der Waals surface area contributed by atoms with Crippen LogP contribution in [-0.4, -0.2) is 55.0 Å². The number of benzene rings is 1. The summed E-state index contributed by atoms with van der Waals surface area (Å²) in [6.45, 7) is 5.12. The third-order valence-corrected chi connectivity index (χ3v) is 9.36. The Balaban J connectivity index is 2.33. The normalized spacial score (nSPS) is 10.9. The van der Waals surface area contributed by atoms with Gasteiger partial charge in [-0.3, -0.25) is 19.2 Å². The van der Waals surface area contributed by atoms with Gasteiger partial charge < -0.3 is 19.1 Å². The fourth-order valence-corrected chi connectivity index (χ4v) is 6.09. The van der Waals surface area contributed by atoms with E-state index in [2.05, 4.69) is 13.8 Å². The van der Waals surface area contributed by atoms with Crippen molar-refractivity contribution in [1.82, 2.24) is 4.90 Å². The fourth-order valence-electron chi connectivity index (χ4n) is 6.09. The fraction of sp³-hybridized carbons (Fsp3) is 0.767. The zero-order chi connectivity index (χ0) is 37.0. The molecule has 0 saturated heterocycles. The molecule has 0 aliphatic heterocycles. The molecule has 1 amide bonds. The lowest BCUT2D eigenvalue weighted by Crippen LogP contribution is -2.37. The number of hydrogen-bond acceptors (Lipinski definition) is 7. The molecule has 0 unspecified atom stereocenters. The minimum absolute atomic E-state index is 0.0347. The Hall–Kier alpha value is -2.90. The molecular weight excluding hydrogens is 642 g/mol. The Morgan fingerprint density at radius 2 is 0.824 bits per heavy atom. The summed E-state index contributed by atoms with van der Waals surface area (Å²) in [4.78, 5) is 51.6. The lowest BCUT2D eigenvalue weighted by atomic mass is 10.1. The topological polar surface area (TPSA) is 99.2 Å². The molecule has 0 aliphatic carbocycles. The second-order valence-corrected chi connectivity index (χ2v) is 14.0. The van der Waals surface area contributed by atoms with E-state index in [1.54, 1.807) is 0 Å². The maximum atomic E-state index is 13.1. The number of nitrogens with zero attached hydrogens (tertiary/aromatic N) is 1. The van der Waals surface area contributed by atoms with Crippen molar-refractivity contribution in [2.24, 2.45) is 0 Å². The first-order valence-corrected chi connectivity index (χ1v) is 20.7. The highest BCUT2D eigenvalue weighted by molar-refractivity contribution is 5.81. The molecule has 0 aromatic heterocycles. The molecule has 0 radical (unpaired) electrons. The van der Waals surface area contributed by atoms with Crippen LogP contribution in [0.2, 0.25) is 0 Å². The van der Waals surface area contributed by atoms with Crippen molar-refractivity contribution in [2.75, 3.05) is 26.3 Å². The number of carbonyl (C=O) groups is 4. The van der Waals surface area contributed by atoms with Crippen molar-refractivity contribution in [3.05, 3.63) is 35.9 Å². The summed E-state index contributed by atoms with van der Waals surface area (Å²) in [6, 6.07) is 9.39. The first kappa shape index (κ1) is 46.1. The van der Waals surface area contributed by atoms with Crippen LogP contribution in [0.25, 0.3) is 0 Å². The van der Waals surface area contributed by atoms with E-state index < -0.39 is 5.97 Å². The number of rotatable bonds is 35. The van der Waals surface area contributed by atoms with Crippen molar-refractivity contribution >= 4 is 23.8 Å². The van der Waals surface area contributed by atoms with Crippen LogP contribution in [0.5, 0.6) is 0 Å². The van der Waals surface area contributed by atoms with Crippen molar-refractivity contribution in [2.45, 2.75) is 187 Å². The van der Waals surface area contributed by atoms with Crippen molar-refractivity contribution in [1.29, 1.82) is 0 Å². The van der Waals surface area contributed by atoms with Crippen LogP contribution in [0, 0.1) is 0 Å². The third kappa shape index (κ3) is 29.4. The predicted octanol–water partition coefficient (Wildman–Crippen LogP) is 10.8. The minimum atomic E-state index is -0.455. The summed E-state index contributed by atoms with van der Waals surface area (Å²) >= 11 is 0. The Morgan fingerprint density at radius 1 is 0.451 bits per heavy atom. The van der Waals surface area contributed by atoms with E-state index in [0.29, 0.717) is 12.8 Å². The van der Waals surface area contributed by atoms with Crippen molar-refractivity contribution in [3.63, 3.8) is 0 Å². The number of unbranched alkanes of at least 4 members (excludes halogenated alkanes) is 20. The molecule has 1 aromatic carbocycles. The van der Waals surface area contributed by atoms with E-state index >= 15 is 0 Å². The first-order valence-electron chi connectivity index (χ1n) is 20.7. The van der Waals surface area contributed by atoms with Gasteiger partial charge in [0.1, 0.15) is 19.8 Å². The molecule has 1 rings (SSSR count). The lowest BCUT2D eigenvalue weighted by molar-refractivity contribution is -0.149. The van der Waals surface area contributed by atoms with Gasteiger partial charge in [-0.05, 0) is 18.4 Å². The first-order chi connectivity index (χ1) is 25.0. The minimum Gasteiger partial charge on any atom is -0.464 e. The van der Waals surface area contributed by atoms with Crippen LogP contribution in [0.4, 0.5) is 0 Å². The molecule has 0 saturated carbocycles. The van der Waals surface area contributed by atoms with Crippen LogP contribution in [0.15, 0.2) is 30.3 Å². The summed E-state index contributed by atoms with van der Waals surface area (Å²) in [7, 11) is 0. The van der Waals surface area contributed by atoms with Gasteiger partial charge in [0.2, 0.25) is 5.91 Å². The van der Waals surface area contributed by atoms with Gasteiger partial charge in [0.05, 0.1) is 19.5 Å². The quantitative estimate of drug-likeness (QED) is 0.0392. The summed E-state index contributed by atoms with van der Waals surface area (Å²) in [5.41, 5.74) is 0.878. The van der Waals surface area contributed by atoms with Crippen LogP contribution in [0.1, 0.15) is 186 Å². The number of ether oxygens (including phenoxy) is 3. The average molecular weight is 716 g/mol. The molecule has 8 heteroatoms. The number of amides is 1. The van der Waals surface area contributed by atoms with Crippen LogP contribution in [0.3, 0.4) is 0 Å². The van der Waals surface area contributed by atoms with E-state index in [0.717, 1.165) is 44.1 Å². The molecule has 0 aliphatic rings. The van der Waals surface area contributed by atoms with Crippen LogP contribution >= 0.6 is 0 Å². The SMILES string of the molecule is CCCCCCCCCCCCCC(=O)OCCN(CCOC(=O)CCCCCCCCCCCCC)C(=O)CCC(=O)OCc1ccccc1. The molecule has 0 atom stereocenters. The molecule has 0 heterocycles. The Morgan fingerprint density at radius 3 is 1.24 bits per heavy atom. The van der Waals surface area contributed by atoms with E-state index in [9.17, 15) is 19.2 Å². The molecule has 0 fully saturated rings. The van der Waals surface area contributed by atoms with Gasteiger partial charge in [-0.1, -0.05) is 173 Å². The van der Waals surface area contributed by atoms with Crippen molar-refractivity contribution < 1.29 is 33.4 Å². The van der Waals surface area contributed by atoms with Gasteiger partial charge >= 0.3 is 17.9 Å². The number of carbonyl (C=O) groups excluding carboxylic acids is 4. The summed E-state index contributed by atoms with van der Waals surface area (Å²) in [5, 5.41) is 0. The molecule has 0 bridgehead atoms. The summed E-state index contributed by atoms with van der Waals surface area (Å²) in [6.07, 6.45) is 27.4.